The fourth-order valence-electron chi connectivity index (χ4n) is 3.05. The van der Waals surface area contributed by atoms with Crippen LogP contribution in [0.5, 0.6) is 5.75 Å². The number of hydrogen-bond donors (Lipinski definition) is 7. The van der Waals surface area contributed by atoms with Crippen LogP contribution in [0.4, 0.5) is 5.69 Å². The molecule has 14 heteroatoms. The molecule has 1 aliphatic rings. The molecular formula is C17H22N2O12. The van der Waals surface area contributed by atoms with E-state index < -0.39 is 72.7 Å². The van der Waals surface area contributed by atoms with Crippen LogP contribution in [0.25, 0.3) is 0 Å². The number of carboxylic acids is 1. The highest BCUT2D eigenvalue weighted by Gasteiger charge is 2.56. The molecule has 0 radical (unpaired) electrons. The third-order valence-electron chi connectivity index (χ3n) is 4.62. The average Bonchev–Trinajstić information content (AvgIpc) is 2.74. The van der Waals surface area contributed by atoms with Crippen LogP contribution in [0.3, 0.4) is 0 Å². The zero-order valence-corrected chi connectivity index (χ0v) is 15.9. The number of carboxylic acid groups (broad SMARTS) is 1. The normalized spacial score (nSPS) is 27.7. The highest BCUT2D eigenvalue weighted by atomic mass is 16.7. The summed E-state index contributed by atoms with van der Waals surface area (Å²) in [5.41, 5.74) is -0.299. The molecule has 31 heavy (non-hydrogen) atoms. The first kappa shape index (κ1) is 24.4. The number of non-ortho nitro benzene ring substituents is 1. The minimum absolute atomic E-state index is 0.186. The third kappa shape index (κ3) is 5.43. The number of carbonyl (C=O) groups is 2. The van der Waals surface area contributed by atoms with Gasteiger partial charge in [-0.25, -0.2) is 4.79 Å². The molecule has 1 aliphatic heterocycles. The first-order valence-corrected chi connectivity index (χ1v) is 8.94. The van der Waals surface area contributed by atoms with E-state index in [4.69, 9.17) is 19.7 Å². The molecule has 0 bridgehead atoms. The Morgan fingerprint density at radius 2 is 1.90 bits per heavy atom. The number of nitro groups is 1. The van der Waals surface area contributed by atoms with Gasteiger partial charge in [0.25, 0.3) is 5.69 Å². The van der Waals surface area contributed by atoms with Crippen LogP contribution >= 0.6 is 0 Å². The van der Waals surface area contributed by atoms with E-state index in [0.29, 0.717) is 0 Å². The summed E-state index contributed by atoms with van der Waals surface area (Å²) in [7, 11) is 0. The molecule has 1 aromatic carbocycles. The molecule has 1 heterocycles. The third-order valence-corrected chi connectivity index (χ3v) is 4.62. The summed E-state index contributed by atoms with van der Waals surface area (Å²) in [6.07, 6.45) is -8.09. The highest BCUT2D eigenvalue weighted by Crippen LogP contribution is 2.35. The second-order valence-corrected chi connectivity index (χ2v) is 6.76. The van der Waals surface area contributed by atoms with Gasteiger partial charge in [0, 0.05) is 12.1 Å². The Kier molecular flexibility index (Phi) is 7.83. The van der Waals surface area contributed by atoms with Crippen molar-refractivity contribution < 1.29 is 54.6 Å². The van der Waals surface area contributed by atoms with Gasteiger partial charge in [0.2, 0.25) is 5.91 Å². The Bertz CT molecular complexity index is 803. The summed E-state index contributed by atoms with van der Waals surface area (Å²) < 4.78 is 10.8. The Balaban J connectivity index is 2.40. The zero-order valence-electron chi connectivity index (χ0n) is 15.9. The first-order valence-electron chi connectivity index (χ1n) is 8.94. The second-order valence-electron chi connectivity index (χ2n) is 6.76. The number of nitrogens with zero attached hydrogens (tertiary/aromatic N) is 1. The Morgan fingerprint density at radius 1 is 1.29 bits per heavy atom. The van der Waals surface area contributed by atoms with Crippen molar-refractivity contribution in [1.29, 1.82) is 0 Å². The number of benzene rings is 1. The molecule has 6 atom stereocenters. The highest BCUT2D eigenvalue weighted by molar-refractivity contribution is 5.78. The van der Waals surface area contributed by atoms with Gasteiger partial charge in [0.05, 0.1) is 30.1 Å². The minimum Gasteiger partial charge on any atom is -0.476 e. The van der Waals surface area contributed by atoms with Crippen molar-refractivity contribution in [3.05, 3.63) is 34.4 Å². The van der Waals surface area contributed by atoms with Crippen molar-refractivity contribution in [2.24, 2.45) is 0 Å². The van der Waals surface area contributed by atoms with Crippen LogP contribution in [-0.4, -0.2) is 96.9 Å². The molecule has 0 unspecified atom stereocenters. The number of rotatable bonds is 9. The van der Waals surface area contributed by atoms with Crippen molar-refractivity contribution >= 4 is 17.6 Å². The second kappa shape index (κ2) is 9.95. The van der Waals surface area contributed by atoms with Gasteiger partial charge in [-0.3, -0.25) is 14.9 Å². The molecule has 0 aromatic heterocycles. The molecule has 0 saturated carbocycles. The van der Waals surface area contributed by atoms with E-state index in [1.165, 1.54) is 0 Å². The summed E-state index contributed by atoms with van der Waals surface area (Å²) >= 11 is 0. The number of nitrogens with one attached hydrogen (secondary N) is 1. The van der Waals surface area contributed by atoms with Gasteiger partial charge in [-0.05, 0) is 12.1 Å². The van der Waals surface area contributed by atoms with Gasteiger partial charge in [-0.15, -0.1) is 0 Å². The van der Waals surface area contributed by atoms with Crippen LogP contribution in [0.2, 0.25) is 0 Å². The van der Waals surface area contributed by atoms with Crippen LogP contribution in [0.1, 0.15) is 6.42 Å². The molecule has 1 saturated heterocycles. The number of aliphatic hydroxyl groups is 5. The summed E-state index contributed by atoms with van der Waals surface area (Å²) in [5.74, 6) is -5.54. The monoisotopic (exact) mass is 446 g/mol. The van der Waals surface area contributed by atoms with E-state index in [1.54, 1.807) is 0 Å². The van der Waals surface area contributed by atoms with Crippen molar-refractivity contribution in [2.75, 3.05) is 13.2 Å². The van der Waals surface area contributed by atoms with E-state index in [0.717, 1.165) is 24.3 Å². The molecule has 0 aliphatic carbocycles. The van der Waals surface area contributed by atoms with Crippen LogP contribution < -0.4 is 10.1 Å². The Morgan fingerprint density at radius 3 is 2.39 bits per heavy atom. The topological polar surface area (TPSA) is 229 Å². The smallest absolute Gasteiger partial charge is 0.377 e. The molecule has 0 spiro atoms. The standard InChI is InChI=1S/C17H22N2O12/c20-6-11(23)14(25)15-13(18-12(24)7-21)10(22)5-17(31-15,16(26)27)30-9-3-1-8(2-4-9)19(28)29/h1-4,10-11,13-15,20-23,25H,5-7H2,(H,18,24)(H,26,27)/t10-,11+,13+,14+,15+,17+/m0/s1. The van der Waals surface area contributed by atoms with Crippen LogP contribution in [0.15, 0.2) is 24.3 Å². The first-order chi connectivity index (χ1) is 14.5. The number of ether oxygens (including phenoxy) is 2. The lowest BCUT2D eigenvalue weighted by Gasteiger charge is -2.46. The summed E-state index contributed by atoms with van der Waals surface area (Å²) in [6, 6.07) is 2.77. The molecule has 1 amide bonds. The van der Waals surface area contributed by atoms with Crippen molar-refractivity contribution in [1.82, 2.24) is 5.32 Å². The SMILES string of the molecule is O=C(CO)N[C@H]1[C@H]([C@H](O)[C@H](O)CO)O[C@@](Oc2ccc([N+](=O)[O-])cc2)(C(=O)O)C[C@@H]1O. The summed E-state index contributed by atoms with van der Waals surface area (Å²) in [5, 5.41) is 71.3. The van der Waals surface area contributed by atoms with Gasteiger partial charge in [-0.2, -0.15) is 0 Å². The van der Waals surface area contributed by atoms with E-state index in [-0.39, 0.29) is 11.4 Å². The molecule has 172 valence electrons. The number of amides is 1. The average molecular weight is 446 g/mol. The van der Waals surface area contributed by atoms with Gasteiger partial charge in [0.15, 0.2) is 0 Å². The maximum absolute atomic E-state index is 12.0. The molecule has 1 fully saturated rings. The Hall–Kier alpha value is -2.88. The maximum Gasteiger partial charge on any atom is 0.377 e. The quantitative estimate of drug-likeness (QED) is 0.150. The lowest BCUT2D eigenvalue weighted by atomic mass is 9.88. The van der Waals surface area contributed by atoms with Gasteiger partial charge in [0.1, 0.15) is 30.7 Å². The fraction of sp³-hybridized carbons (Fsp3) is 0.529. The maximum atomic E-state index is 12.0. The number of aliphatic carboxylic acids is 1. The van der Waals surface area contributed by atoms with E-state index >= 15 is 0 Å². The zero-order chi connectivity index (χ0) is 23.3. The van der Waals surface area contributed by atoms with Crippen molar-refractivity contribution in [2.45, 2.75) is 42.7 Å². The predicted molar refractivity (Wildman–Crippen MR) is 97.7 cm³/mol. The lowest BCUT2D eigenvalue weighted by molar-refractivity contribution is -0.384. The minimum atomic E-state index is -2.63. The van der Waals surface area contributed by atoms with E-state index in [1.807, 2.05) is 0 Å². The molecular weight excluding hydrogens is 424 g/mol. The van der Waals surface area contributed by atoms with Crippen LogP contribution in [-0.2, 0) is 14.3 Å². The lowest BCUT2D eigenvalue weighted by Crippen LogP contribution is -2.69. The molecule has 7 N–H and O–H groups in total. The van der Waals surface area contributed by atoms with Crippen molar-refractivity contribution in [3.8, 4) is 5.75 Å². The van der Waals surface area contributed by atoms with E-state index in [9.17, 15) is 40.1 Å². The number of nitro benzene ring substituents is 1. The van der Waals surface area contributed by atoms with Crippen LogP contribution in [0, 0.1) is 10.1 Å². The molecule has 1 aromatic rings. The van der Waals surface area contributed by atoms with Crippen molar-refractivity contribution in [3.63, 3.8) is 0 Å². The van der Waals surface area contributed by atoms with E-state index in [2.05, 4.69) is 5.32 Å². The largest absolute Gasteiger partial charge is 0.476 e. The Labute approximate surface area is 174 Å². The number of aliphatic hydroxyl groups excluding tert-OH is 5. The summed E-state index contributed by atoms with van der Waals surface area (Å²) in [6.45, 7) is -1.95. The summed E-state index contributed by atoms with van der Waals surface area (Å²) in [4.78, 5) is 33.7. The molecule has 2 rings (SSSR count). The van der Waals surface area contributed by atoms with Gasteiger partial charge in [-0.1, -0.05) is 0 Å². The predicted octanol–water partition coefficient (Wildman–Crippen LogP) is -2.90. The number of hydrogen-bond acceptors (Lipinski definition) is 11. The van der Waals surface area contributed by atoms with Gasteiger partial charge >= 0.3 is 11.8 Å². The fourth-order valence-corrected chi connectivity index (χ4v) is 3.05. The molecule has 14 nitrogen and oxygen atoms in total. The number of carbonyl (C=O) groups excluding carboxylic acids is 1. The van der Waals surface area contributed by atoms with Gasteiger partial charge < -0.3 is 45.4 Å².